The molecule has 0 bridgehead atoms. The number of aliphatic hydroxyl groups excluding tert-OH is 4. The fourth-order valence-corrected chi connectivity index (χ4v) is 9.74. The van der Waals surface area contributed by atoms with E-state index < -0.39 is 70.9 Å². The number of aldehydes is 1. The zero-order valence-corrected chi connectivity index (χ0v) is 23.0. The minimum absolute atomic E-state index is 0.0441. The molecule has 11 nitrogen and oxygen atoms in total. The molecule has 0 aromatic rings. The van der Waals surface area contributed by atoms with Crippen LogP contribution in [0.5, 0.6) is 0 Å². The van der Waals surface area contributed by atoms with Gasteiger partial charge in [0.25, 0.3) is 0 Å². The number of aliphatic hydroxyl groups is 6. The van der Waals surface area contributed by atoms with Gasteiger partial charge in [-0.15, -0.1) is 0 Å². The number of hydrogen-bond acceptors (Lipinski definition) is 11. The lowest BCUT2D eigenvalue weighted by atomic mass is 9.41. The summed E-state index contributed by atoms with van der Waals surface area (Å²) in [6.07, 6.45) is -3.07. The number of fused-ring (bicyclic) bond motifs is 5. The molecule has 11 heteroatoms. The number of esters is 1. The summed E-state index contributed by atoms with van der Waals surface area (Å²) >= 11 is 0. The molecule has 0 spiro atoms. The van der Waals surface area contributed by atoms with Crippen molar-refractivity contribution in [1.82, 2.24) is 0 Å². The van der Waals surface area contributed by atoms with Gasteiger partial charge in [0.15, 0.2) is 6.29 Å². The Kier molecular flexibility index (Phi) is 6.83. The van der Waals surface area contributed by atoms with Crippen LogP contribution >= 0.6 is 0 Å². The molecule has 0 amide bonds. The first-order valence-electron chi connectivity index (χ1n) is 14.6. The number of rotatable bonds is 4. The lowest BCUT2D eigenvalue weighted by Crippen LogP contribution is -2.73. The van der Waals surface area contributed by atoms with Gasteiger partial charge in [0.2, 0.25) is 0 Å². The van der Waals surface area contributed by atoms with Gasteiger partial charge in [-0.25, -0.2) is 4.79 Å². The zero-order valence-electron chi connectivity index (χ0n) is 23.0. The van der Waals surface area contributed by atoms with E-state index in [9.17, 15) is 40.2 Å². The van der Waals surface area contributed by atoms with Gasteiger partial charge >= 0.3 is 5.97 Å². The highest BCUT2D eigenvalue weighted by atomic mass is 16.7. The SMILES string of the molecule is CC1OC(O[C@H]2CCC3(C=O)C4CC[C@]5(C)C(C6=CC(=O)OC6)CC[C@]5(O)C4C[C@@H](O)[C@]3(O)C2)C(O)C(O)C1O. The van der Waals surface area contributed by atoms with Crippen LogP contribution in [-0.4, -0.2) is 104 Å². The van der Waals surface area contributed by atoms with Crippen molar-refractivity contribution in [3.05, 3.63) is 11.6 Å². The Morgan fingerprint density at radius 3 is 2.40 bits per heavy atom. The Bertz CT molecular complexity index is 1080. The standard InChI is InChI=1S/C29H42O11/c1-14-22(33)23(34)24(35)25(39-14)40-16-3-7-27(13-30)18-4-6-26(2)17(15-9-21(32)38-12-15)5-8-28(26,36)19(18)10-20(31)29(27,37)11-16/h9,13-14,16-20,22-25,31,33-37H,3-8,10-12H2,1-2H3/t14?,16-,17?,18?,19?,20+,22?,23?,24?,25?,26+,27?,28-,29+/m0/s1. The van der Waals surface area contributed by atoms with Gasteiger partial charge < -0.3 is 49.6 Å². The highest BCUT2D eigenvalue weighted by Crippen LogP contribution is 2.70. The van der Waals surface area contributed by atoms with E-state index in [1.807, 2.05) is 6.92 Å². The first-order valence-corrected chi connectivity index (χ1v) is 14.6. The first kappa shape index (κ1) is 28.7. The van der Waals surface area contributed by atoms with E-state index in [0.29, 0.717) is 32.1 Å². The molecule has 2 aliphatic heterocycles. The van der Waals surface area contributed by atoms with Crippen LogP contribution in [0, 0.1) is 28.6 Å². The van der Waals surface area contributed by atoms with Crippen LogP contribution in [0.4, 0.5) is 0 Å². The van der Waals surface area contributed by atoms with Gasteiger partial charge in [-0.3, -0.25) is 0 Å². The van der Waals surface area contributed by atoms with Crippen molar-refractivity contribution >= 4 is 12.3 Å². The van der Waals surface area contributed by atoms with Crippen LogP contribution in [0.2, 0.25) is 0 Å². The third-order valence-electron chi connectivity index (χ3n) is 12.0. The lowest BCUT2D eigenvalue weighted by Gasteiger charge is -2.66. The summed E-state index contributed by atoms with van der Waals surface area (Å²) in [5.74, 6) is -1.20. The molecular weight excluding hydrogens is 524 g/mol. The molecule has 0 aromatic heterocycles. The van der Waals surface area contributed by atoms with Crippen molar-refractivity contribution in [3.8, 4) is 0 Å². The van der Waals surface area contributed by atoms with Crippen molar-refractivity contribution in [1.29, 1.82) is 0 Å². The highest BCUT2D eigenvalue weighted by molar-refractivity contribution is 5.85. The van der Waals surface area contributed by atoms with Gasteiger partial charge in [-0.2, -0.15) is 0 Å². The molecule has 5 fully saturated rings. The van der Waals surface area contributed by atoms with Crippen LogP contribution in [0.15, 0.2) is 11.6 Å². The molecule has 4 saturated carbocycles. The average molecular weight is 567 g/mol. The molecule has 0 aromatic carbocycles. The van der Waals surface area contributed by atoms with Crippen LogP contribution in [0.1, 0.15) is 65.2 Å². The maximum atomic E-state index is 13.0. The van der Waals surface area contributed by atoms with E-state index in [0.717, 1.165) is 11.9 Å². The van der Waals surface area contributed by atoms with E-state index in [1.165, 1.54) is 6.08 Å². The fourth-order valence-electron chi connectivity index (χ4n) is 9.74. The second-order valence-electron chi connectivity index (χ2n) is 13.5. The van der Waals surface area contributed by atoms with Gasteiger partial charge in [0.1, 0.15) is 36.8 Å². The summed E-state index contributed by atoms with van der Waals surface area (Å²) < 4.78 is 16.7. The molecular formula is C29H42O11. The molecule has 6 rings (SSSR count). The number of cyclic esters (lactones) is 1. The van der Waals surface area contributed by atoms with E-state index in [2.05, 4.69) is 0 Å². The van der Waals surface area contributed by atoms with E-state index in [-0.39, 0.29) is 43.7 Å². The zero-order chi connectivity index (χ0) is 28.8. The van der Waals surface area contributed by atoms with Crippen LogP contribution in [0.25, 0.3) is 0 Å². The number of ether oxygens (including phenoxy) is 3. The van der Waals surface area contributed by atoms with Crippen LogP contribution in [0.3, 0.4) is 0 Å². The quantitative estimate of drug-likeness (QED) is 0.149. The predicted octanol–water partition coefficient (Wildman–Crippen LogP) is -0.279. The molecule has 14 atom stereocenters. The Labute approximate surface area is 233 Å². The van der Waals surface area contributed by atoms with Crippen molar-refractivity contribution in [2.75, 3.05) is 6.61 Å². The maximum absolute atomic E-state index is 13.0. The largest absolute Gasteiger partial charge is 0.458 e. The third kappa shape index (κ3) is 3.71. The summed E-state index contributed by atoms with van der Waals surface area (Å²) in [4.78, 5) is 24.8. The monoisotopic (exact) mass is 566 g/mol. The maximum Gasteiger partial charge on any atom is 0.331 e. The number of carbonyl (C=O) groups is 2. The molecule has 0 radical (unpaired) electrons. The normalized spacial score (nSPS) is 56.0. The minimum Gasteiger partial charge on any atom is -0.458 e. The minimum atomic E-state index is -1.82. The van der Waals surface area contributed by atoms with Gasteiger partial charge in [-0.1, -0.05) is 6.92 Å². The average Bonchev–Trinajstić information content (AvgIpc) is 3.46. The van der Waals surface area contributed by atoms with Crippen LogP contribution < -0.4 is 0 Å². The molecule has 6 N–H and O–H groups in total. The number of carbonyl (C=O) groups excluding carboxylic acids is 2. The van der Waals surface area contributed by atoms with Crippen LogP contribution in [-0.2, 0) is 23.8 Å². The van der Waals surface area contributed by atoms with Gasteiger partial charge in [0.05, 0.1) is 29.3 Å². The molecule has 9 unspecified atom stereocenters. The summed E-state index contributed by atoms with van der Waals surface area (Å²) in [6.45, 7) is 3.81. The van der Waals surface area contributed by atoms with Crippen molar-refractivity contribution in [2.45, 2.75) is 119 Å². The predicted molar refractivity (Wildman–Crippen MR) is 136 cm³/mol. The molecule has 2 heterocycles. The third-order valence-corrected chi connectivity index (χ3v) is 12.0. The molecule has 1 saturated heterocycles. The van der Waals surface area contributed by atoms with Gasteiger partial charge in [-0.05, 0) is 75.2 Å². The van der Waals surface area contributed by atoms with E-state index >= 15 is 0 Å². The lowest BCUT2D eigenvalue weighted by molar-refractivity contribution is -0.324. The Morgan fingerprint density at radius 1 is 0.975 bits per heavy atom. The second kappa shape index (κ2) is 9.54. The highest BCUT2D eigenvalue weighted by Gasteiger charge is 2.73. The molecule has 224 valence electrons. The number of hydrogen-bond donors (Lipinski definition) is 6. The van der Waals surface area contributed by atoms with Crippen molar-refractivity contribution in [2.24, 2.45) is 28.6 Å². The van der Waals surface area contributed by atoms with E-state index in [1.54, 1.807) is 6.92 Å². The molecule has 4 aliphatic carbocycles. The smallest absolute Gasteiger partial charge is 0.331 e. The fraction of sp³-hybridized carbons (Fsp3) is 0.862. The Hall–Kier alpha value is -1.44. The van der Waals surface area contributed by atoms with E-state index in [4.69, 9.17) is 14.2 Å². The molecule has 40 heavy (non-hydrogen) atoms. The second-order valence-corrected chi connectivity index (χ2v) is 13.5. The summed E-state index contributed by atoms with van der Waals surface area (Å²) in [5.41, 5.74) is -3.99. The summed E-state index contributed by atoms with van der Waals surface area (Å²) in [5, 5.41) is 66.6. The van der Waals surface area contributed by atoms with Crippen molar-refractivity contribution < 1.29 is 54.4 Å². The topological polar surface area (TPSA) is 183 Å². The first-order chi connectivity index (χ1) is 18.8. The Morgan fingerprint density at radius 2 is 1.73 bits per heavy atom. The van der Waals surface area contributed by atoms with Gasteiger partial charge in [0, 0.05) is 17.9 Å². The molecule has 6 aliphatic rings. The van der Waals surface area contributed by atoms with Crippen molar-refractivity contribution in [3.63, 3.8) is 0 Å². The summed E-state index contributed by atoms with van der Waals surface area (Å²) in [7, 11) is 0. The Balaban J connectivity index is 1.26. The summed E-state index contributed by atoms with van der Waals surface area (Å²) in [6, 6.07) is 0.